The number of carbonyl (C=O) groups excluding carboxylic acids is 1. The van der Waals surface area contributed by atoms with Crippen LogP contribution < -0.4 is 5.32 Å². The summed E-state index contributed by atoms with van der Waals surface area (Å²) in [6, 6.07) is 9.78. The van der Waals surface area contributed by atoms with Gasteiger partial charge in [0.2, 0.25) is 5.91 Å². The molecule has 0 saturated carbocycles. The summed E-state index contributed by atoms with van der Waals surface area (Å²) in [6.45, 7) is 1.90. The number of ether oxygens (including phenoxy) is 1. The van der Waals surface area contributed by atoms with Crippen molar-refractivity contribution in [3.63, 3.8) is 0 Å². The normalized spacial score (nSPS) is 18.6. The zero-order valence-electron chi connectivity index (χ0n) is 11.2. The van der Waals surface area contributed by atoms with E-state index in [4.69, 9.17) is 4.74 Å². The first-order valence-corrected chi connectivity index (χ1v) is 6.39. The minimum absolute atomic E-state index is 0. The van der Waals surface area contributed by atoms with E-state index in [0.29, 0.717) is 13.1 Å². The number of para-hydroxylation sites is 1. The van der Waals surface area contributed by atoms with Crippen LogP contribution in [0, 0.1) is 0 Å². The molecule has 1 atom stereocenters. The highest BCUT2D eigenvalue weighted by Gasteiger charge is 2.22. The Morgan fingerprint density at radius 1 is 1.42 bits per heavy atom. The lowest BCUT2D eigenvalue weighted by Crippen LogP contribution is -2.45. The summed E-state index contributed by atoms with van der Waals surface area (Å²) in [4.78, 5) is 13.9. The van der Waals surface area contributed by atoms with Crippen molar-refractivity contribution in [2.75, 3.05) is 32.1 Å². The van der Waals surface area contributed by atoms with Gasteiger partial charge in [-0.2, -0.15) is 0 Å². The van der Waals surface area contributed by atoms with Gasteiger partial charge in [-0.1, -0.05) is 18.2 Å². The second kappa shape index (κ2) is 8.02. The Bertz CT molecular complexity index is 386. The van der Waals surface area contributed by atoms with Crippen LogP contribution in [-0.2, 0) is 9.53 Å². The molecular formula is C14H21ClN2O2. The van der Waals surface area contributed by atoms with Crippen LogP contribution in [0.5, 0.6) is 0 Å². The van der Waals surface area contributed by atoms with Gasteiger partial charge in [0.1, 0.15) is 0 Å². The second-order valence-electron chi connectivity index (χ2n) is 4.56. The molecular weight excluding hydrogens is 264 g/mol. The molecule has 0 spiro atoms. The fourth-order valence-corrected chi connectivity index (χ4v) is 2.20. The number of likely N-dealkylation sites (tertiary alicyclic amines) is 1. The molecule has 0 radical (unpaired) electrons. The maximum atomic E-state index is 12.0. The first kappa shape index (κ1) is 15.8. The maximum Gasteiger partial charge on any atom is 0.241 e. The molecule has 1 aliphatic rings. The zero-order valence-corrected chi connectivity index (χ0v) is 12.0. The number of rotatable bonds is 4. The molecule has 1 heterocycles. The van der Waals surface area contributed by atoms with Gasteiger partial charge in [-0.15, -0.1) is 12.4 Å². The van der Waals surface area contributed by atoms with Gasteiger partial charge in [0.05, 0.1) is 12.6 Å². The summed E-state index contributed by atoms with van der Waals surface area (Å²) in [5.41, 5.74) is 0.978. The highest BCUT2D eigenvalue weighted by Crippen LogP contribution is 2.13. The van der Waals surface area contributed by atoms with Crippen LogP contribution in [0.3, 0.4) is 0 Å². The van der Waals surface area contributed by atoms with Gasteiger partial charge in [0.25, 0.3) is 0 Å². The van der Waals surface area contributed by atoms with Crippen molar-refractivity contribution in [2.45, 2.75) is 18.9 Å². The van der Waals surface area contributed by atoms with Crippen molar-refractivity contribution in [1.82, 2.24) is 4.90 Å². The molecule has 1 aromatic rings. The van der Waals surface area contributed by atoms with Crippen LogP contribution in [-0.4, -0.2) is 43.7 Å². The van der Waals surface area contributed by atoms with Gasteiger partial charge in [-0.25, -0.2) is 0 Å². The number of amides is 1. The van der Waals surface area contributed by atoms with Gasteiger partial charge >= 0.3 is 0 Å². The summed E-state index contributed by atoms with van der Waals surface area (Å²) in [6.07, 6.45) is 2.27. The third-order valence-corrected chi connectivity index (χ3v) is 3.28. The van der Waals surface area contributed by atoms with E-state index in [1.165, 1.54) is 0 Å². The first-order valence-electron chi connectivity index (χ1n) is 6.39. The van der Waals surface area contributed by atoms with E-state index >= 15 is 0 Å². The van der Waals surface area contributed by atoms with Crippen LogP contribution in [0.15, 0.2) is 30.3 Å². The Kier molecular flexibility index (Phi) is 6.67. The molecule has 1 fully saturated rings. The lowest BCUT2D eigenvalue weighted by atomic mass is 10.1. The Morgan fingerprint density at radius 2 is 2.16 bits per heavy atom. The standard InChI is InChI=1S/C14H20N2O2.ClH/c1-18-13-8-5-9-16(11-13)14(17)10-15-12-6-3-2-4-7-12;/h2-4,6-7,13,15H,5,8-11H2,1H3;1H. The predicted octanol–water partition coefficient (Wildman–Crippen LogP) is 2.16. The van der Waals surface area contributed by atoms with Crippen LogP contribution in [0.1, 0.15) is 12.8 Å². The molecule has 1 N–H and O–H groups in total. The molecule has 1 aromatic carbocycles. The number of anilines is 1. The summed E-state index contributed by atoms with van der Waals surface area (Å²) in [7, 11) is 1.71. The fraction of sp³-hybridized carbons (Fsp3) is 0.500. The molecule has 1 saturated heterocycles. The molecule has 0 aromatic heterocycles. The lowest BCUT2D eigenvalue weighted by Gasteiger charge is -2.32. The van der Waals surface area contributed by atoms with Crippen molar-refractivity contribution in [3.8, 4) is 0 Å². The van der Waals surface area contributed by atoms with Crippen molar-refractivity contribution in [3.05, 3.63) is 30.3 Å². The van der Waals surface area contributed by atoms with E-state index in [0.717, 1.165) is 25.1 Å². The van der Waals surface area contributed by atoms with Crippen molar-refractivity contribution in [1.29, 1.82) is 0 Å². The Morgan fingerprint density at radius 3 is 2.84 bits per heavy atom. The van der Waals surface area contributed by atoms with E-state index in [2.05, 4.69) is 5.32 Å². The number of halogens is 1. The van der Waals surface area contributed by atoms with Gasteiger partial charge < -0.3 is 15.0 Å². The topological polar surface area (TPSA) is 41.6 Å². The molecule has 4 nitrogen and oxygen atoms in total. The third-order valence-electron chi connectivity index (χ3n) is 3.28. The zero-order chi connectivity index (χ0) is 12.8. The Hall–Kier alpha value is -1.26. The molecule has 2 rings (SSSR count). The smallest absolute Gasteiger partial charge is 0.241 e. The second-order valence-corrected chi connectivity index (χ2v) is 4.56. The minimum atomic E-state index is 0. The molecule has 19 heavy (non-hydrogen) atoms. The Balaban J connectivity index is 0.00000180. The molecule has 106 valence electrons. The number of carbonyl (C=O) groups is 1. The summed E-state index contributed by atoms with van der Waals surface area (Å²) in [5, 5.41) is 3.14. The predicted molar refractivity (Wildman–Crippen MR) is 78.8 cm³/mol. The molecule has 1 unspecified atom stereocenters. The molecule has 1 aliphatic heterocycles. The van der Waals surface area contributed by atoms with E-state index in [9.17, 15) is 4.79 Å². The van der Waals surface area contributed by atoms with E-state index in [1.54, 1.807) is 7.11 Å². The SMILES string of the molecule is COC1CCCN(C(=O)CNc2ccccc2)C1.Cl. The minimum Gasteiger partial charge on any atom is -0.380 e. The third kappa shape index (κ3) is 4.73. The van der Waals surface area contributed by atoms with E-state index in [1.807, 2.05) is 35.2 Å². The van der Waals surface area contributed by atoms with Gasteiger partial charge in [-0.3, -0.25) is 4.79 Å². The van der Waals surface area contributed by atoms with Crippen LogP contribution >= 0.6 is 12.4 Å². The van der Waals surface area contributed by atoms with Crippen LogP contribution in [0.4, 0.5) is 5.69 Å². The number of hydrogen-bond acceptors (Lipinski definition) is 3. The molecule has 0 bridgehead atoms. The first-order chi connectivity index (χ1) is 8.79. The van der Waals surface area contributed by atoms with Gasteiger partial charge in [0.15, 0.2) is 0 Å². The highest BCUT2D eigenvalue weighted by atomic mass is 35.5. The number of nitrogens with one attached hydrogen (secondary N) is 1. The number of hydrogen-bond donors (Lipinski definition) is 1. The summed E-state index contributed by atoms with van der Waals surface area (Å²) < 4.78 is 5.32. The number of benzene rings is 1. The average molecular weight is 285 g/mol. The van der Waals surface area contributed by atoms with E-state index < -0.39 is 0 Å². The summed E-state index contributed by atoms with van der Waals surface area (Å²) >= 11 is 0. The highest BCUT2D eigenvalue weighted by molar-refractivity contribution is 5.85. The lowest BCUT2D eigenvalue weighted by molar-refractivity contribution is -0.132. The quantitative estimate of drug-likeness (QED) is 0.921. The average Bonchev–Trinajstić information content (AvgIpc) is 2.46. The van der Waals surface area contributed by atoms with Gasteiger partial charge in [-0.05, 0) is 25.0 Å². The largest absolute Gasteiger partial charge is 0.380 e. The number of piperidine rings is 1. The van der Waals surface area contributed by atoms with Crippen LogP contribution in [0.2, 0.25) is 0 Å². The van der Waals surface area contributed by atoms with Crippen molar-refractivity contribution in [2.24, 2.45) is 0 Å². The molecule has 0 aliphatic carbocycles. The van der Waals surface area contributed by atoms with Gasteiger partial charge in [0, 0.05) is 25.9 Å². The van der Waals surface area contributed by atoms with E-state index in [-0.39, 0.29) is 24.4 Å². The van der Waals surface area contributed by atoms with Crippen molar-refractivity contribution >= 4 is 24.0 Å². The fourth-order valence-electron chi connectivity index (χ4n) is 2.20. The number of nitrogens with zero attached hydrogens (tertiary/aromatic N) is 1. The number of methoxy groups -OCH3 is 1. The molecule has 5 heteroatoms. The van der Waals surface area contributed by atoms with Crippen LogP contribution in [0.25, 0.3) is 0 Å². The monoisotopic (exact) mass is 284 g/mol. The maximum absolute atomic E-state index is 12.0. The Labute approximate surface area is 120 Å². The summed E-state index contributed by atoms with van der Waals surface area (Å²) in [5.74, 6) is 0.139. The molecule has 1 amide bonds. The van der Waals surface area contributed by atoms with Crippen molar-refractivity contribution < 1.29 is 9.53 Å².